The molecule has 0 aliphatic carbocycles. The highest BCUT2D eigenvalue weighted by atomic mass is 16.6. The molecule has 2 amide bonds. The number of anilines is 1. The van der Waals surface area contributed by atoms with Gasteiger partial charge in [0.15, 0.2) is 0 Å². The van der Waals surface area contributed by atoms with E-state index in [0.29, 0.717) is 61.8 Å². The summed E-state index contributed by atoms with van der Waals surface area (Å²) in [6.45, 7) is 3.55. The summed E-state index contributed by atoms with van der Waals surface area (Å²) in [7, 11) is 1.52. The average molecular weight is 410 g/mol. The van der Waals surface area contributed by atoms with Crippen LogP contribution in [-0.4, -0.2) is 72.9 Å². The third-order valence-corrected chi connectivity index (χ3v) is 5.61. The molecule has 2 aliphatic heterocycles. The van der Waals surface area contributed by atoms with Gasteiger partial charge < -0.3 is 9.64 Å². The van der Waals surface area contributed by atoms with E-state index in [1.54, 1.807) is 36.4 Å². The van der Waals surface area contributed by atoms with Gasteiger partial charge in [-0.3, -0.25) is 29.5 Å². The number of carbonyl (C=O) groups excluding carboxylic acids is 2. The molecule has 0 N–H and O–H groups in total. The minimum atomic E-state index is -0.362. The number of rotatable bonds is 6. The number of ether oxygens (including phenoxy) is 1. The summed E-state index contributed by atoms with van der Waals surface area (Å²) in [6.07, 6.45) is 0. The summed E-state index contributed by atoms with van der Waals surface area (Å²) in [5, 5.41) is 11.3. The number of piperazine rings is 1. The zero-order chi connectivity index (χ0) is 21.3. The van der Waals surface area contributed by atoms with Gasteiger partial charge in [0, 0.05) is 45.3 Å². The topological polar surface area (TPSA) is 96.2 Å². The van der Waals surface area contributed by atoms with Crippen LogP contribution < -0.4 is 9.64 Å². The first-order valence-electron chi connectivity index (χ1n) is 9.74. The SMILES string of the molecule is COc1ccc2c(c1)C(=O)N(CCN1CCN(c3ccccc3[N+](=O)[O-])CC1)C2=O. The summed E-state index contributed by atoms with van der Waals surface area (Å²) in [5.41, 5.74) is 1.51. The normalized spacial score (nSPS) is 16.7. The van der Waals surface area contributed by atoms with Crippen LogP contribution in [0.4, 0.5) is 11.4 Å². The van der Waals surface area contributed by atoms with Gasteiger partial charge in [-0.05, 0) is 24.3 Å². The number of hydrogen-bond acceptors (Lipinski definition) is 7. The Morgan fingerprint density at radius 3 is 2.37 bits per heavy atom. The number of methoxy groups -OCH3 is 1. The van der Waals surface area contributed by atoms with Crippen LogP contribution in [0, 0.1) is 10.1 Å². The fourth-order valence-electron chi connectivity index (χ4n) is 3.94. The lowest BCUT2D eigenvalue weighted by Gasteiger charge is -2.36. The highest BCUT2D eigenvalue weighted by Gasteiger charge is 2.36. The number of para-hydroxylation sites is 2. The maximum Gasteiger partial charge on any atom is 0.292 e. The second-order valence-corrected chi connectivity index (χ2v) is 7.25. The Morgan fingerprint density at radius 1 is 0.967 bits per heavy atom. The van der Waals surface area contributed by atoms with Crippen molar-refractivity contribution in [2.45, 2.75) is 0 Å². The van der Waals surface area contributed by atoms with Crippen molar-refractivity contribution in [3.63, 3.8) is 0 Å². The lowest BCUT2D eigenvalue weighted by Crippen LogP contribution is -2.49. The molecule has 0 radical (unpaired) electrons. The van der Waals surface area contributed by atoms with Crippen molar-refractivity contribution in [1.29, 1.82) is 0 Å². The van der Waals surface area contributed by atoms with Gasteiger partial charge in [-0.15, -0.1) is 0 Å². The molecule has 1 fully saturated rings. The van der Waals surface area contributed by atoms with Gasteiger partial charge >= 0.3 is 0 Å². The molecule has 156 valence electrons. The molecule has 0 atom stereocenters. The molecule has 0 bridgehead atoms. The van der Waals surface area contributed by atoms with E-state index in [1.807, 2.05) is 4.90 Å². The number of hydrogen-bond donors (Lipinski definition) is 0. The smallest absolute Gasteiger partial charge is 0.292 e. The molecule has 0 saturated carbocycles. The highest BCUT2D eigenvalue weighted by molar-refractivity contribution is 6.21. The monoisotopic (exact) mass is 410 g/mol. The first-order valence-corrected chi connectivity index (χ1v) is 9.74. The fourth-order valence-corrected chi connectivity index (χ4v) is 3.94. The van der Waals surface area contributed by atoms with Crippen LogP contribution in [0.1, 0.15) is 20.7 Å². The first kappa shape index (κ1) is 19.8. The second kappa shape index (κ2) is 8.11. The third-order valence-electron chi connectivity index (χ3n) is 5.61. The van der Waals surface area contributed by atoms with Crippen molar-refractivity contribution in [3.8, 4) is 5.75 Å². The van der Waals surface area contributed by atoms with Crippen LogP contribution in [0.25, 0.3) is 0 Å². The molecule has 30 heavy (non-hydrogen) atoms. The van der Waals surface area contributed by atoms with Crippen molar-refractivity contribution in [3.05, 3.63) is 63.7 Å². The summed E-state index contributed by atoms with van der Waals surface area (Å²) >= 11 is 0. The van der Waals surface area contributed by atoms with E-state index in [9.17, 15) is 19.7 Å². The van der Waals surface area contributed by atoms with Crippen molar-refractivity contribution in [1.82, 2.24) is 9.80 Å². The molecule has 0 unspecified atom stereocenters. The van der Waals surface area contributed by atoms with Crippen molar-refractivity contribution < 1.29 is 19.2 Å². The van der Waals surface area contributed by atoms with Gasteiger partial charge in [0.25, 0.3) is 17.5 Å². The summed E-state index contributed by atoms with van der Waals surface area (Å²) in [4.78, 5) is 41.6. The Hall–Kier alpha value is -3.46. The largest absolute Gasteiger partial charge is 0.497 e. The predicted octanol–water partition coefficient (Wildman–Crippen LogP) is 2.02. The Balaban J connectivity index is 1.35. The number of fused-ring (bicyclic) bond motifs is 1. The molecule has 2 aliphatic rings. The van der Waals surface area contributed by atoms with E-state index in [0.717, 1.165) is 0 Å². The van der Waals surface area contributed by atoms with Crippen LogP contribution in [0.5, 0.6) is 5.75 Å². The number of imide groups is 1. The third kappa shape index (κ3) is 3.59. The van der Waals surface area contributed by atoms with Crippen molar-refractivity contribution >= 4 is 23.2 Å². The molecule has 9 nitrogen and oxygen atoms in total. The molecular formula is C21H22N4O5. The molecule has 0 aromatic heterocycles. The maximum atomic E-state index is 12.6. The number of benzene rings is 2. The van der Waals surface area contributed by atoms with E-state index < -0.39 is 0 Å². The van der Waals surface area contributed by atoms with E-state index >= 15 is 0 Å². The number of nitrogens with zero attached hydrogens (tertiary/aromatic N) is 4. The second-order valence-electron chi connectivity index (χ2n) is 7.25. The molecule has 2 heterocycles. The van der Waals surface area contributed by atoms with Gasteiger partial charge in [-0.1, -0.05) is 12.1 Å². The Bertz CT molecular complexity index is 1000. The van der Waals surface area contributed by atoms with Crippen molar-refractivity contribution in [2.75, 3.05) is 51.3 Å². The fraction of sp³-hybridized carbons (Fsp3) is 0.333. The van der Waals surface area contributed by atoms with Crippen LogP contribution in [0.15, 0.2) is 42.5 Å². The number of nitro benzene ring substituents is 1. The molecule has 2 aromatic carbocycles. The van der Waals surface area contributed by atoms with E-state index in [-0.39, 0.29) is 22.4 Å². The van der Waals surface area contributed by atoms with Crippen LogP contribution in [0.2, 0.25) is 0 Å². The minimum Gasteiger partial charge on any atom is -0.497 e. The van der Waals surface area contributed by atoms with E-state index in [4.69, 9.17) is 4.74 Å². The van der Waals surface area contributed by atoms with E-state index in [1.165, 1.54) is 18.1 Å². The Kier molecular flexibility index (Phi) is 5.37. The quantitative estimate of drug-likeness (QED) is 0.408. The Labute approximate surface area is 173 Å². The van der Waals surface area contributed by atoms with Gasteiger partial charge in [0.2, 0.25) is 0 Å². The molecule has 4 rings (SSSR count). The molecule has 9 heteroatoms. The molecule has 0 spiro atoms. The van der Waals surface area contributed by atoms with Gasteiger partial charge in [-0.2, -0.15) is 0 Å². The van der Waals surface area contributed by atoms with Crippen LogP contribution >= 0.6 is 0 Å². The van der Waals surface area contributed by atoms with Crippen molar-refractivity contribution in [2.24, 2.45) is 0 Å². The van der Waals surface area contributed by atoms with Gasteiger partial charge in [0.1, 0.15) is 11.4 Å². The molecule has 1 saturated heterocycles. The lowest BCUT2D eigenvalue weighted by molar-refractivity contribution is -0.384. The van der Waals surface area contributed by atoms with Crippen LogP contribution in [0.3, 0.4) is 0 Å². The zero-order valence-corrected chi connectivity index (χ0v) is 16.6. The minimum absolute atomic E-state index is 0.104. The number of nitro groups is 1. The van der Waals surface area contributed by atoms with Crippen LogP contribution in [-0.2, 0) is 0 Å². The predicted molar refractivity (Wildman–Crippen MR) is 110 cm³/mol. The standard InChI is InChI=1S/C21H22N4O5/c1-30-15-6-7-16-17(14-15)21(27)24(20(16)26)13-10-22-8-11-23(12-9-22)18-4-2-3-5-19(18)25(28)29/h2-7,14H,8-13H2,1H3. The summed E-state index contributed by atoms with van der Waals surface area (Å²) in [6, 6.07) is 11.6. The Morgan fingerprint density at radius 2 is 1.67 bits per heavy atom. The summed E-state index contributed by atoms with van der Waals surface area (Å²) < 4.78 is 5.15. The lowest BCUT2D eigenvalue weighted by atomic mass is 10.1. The average Bonchev–Trinajstić information content (AvgIpc) is 3.01. The number of amides is 2. The van der Waals surface area contributed by atoms with Gasteiger partial charge in [-0.25, -0.2) is 0 Å². The molecular weight excluding hydrogens is 388 g/mol. The summed E-state index contributed by atoms with van der Waals surface area (Å²) in [5.74, 6) is -0.0356. The highest BCUT2D eigenvalue weighted by Crippen LogP contribution is 2.29. The first-order chi connectivity index (χ1) is 14.5. The maximum absolute atomic E-state index is 12.6. The molecule has 2 aromatic rings. The zero-order valence-electron chi connectivity index (χ0n) is 16.6. The number of carbonyl (C=O) groups is 2. The van der Waals surface area contributed by atoms with Gasteiger partial charge in [0.05, 0.1) is 23.2 Å². The van der Waals surface area contributed by atoms with E-state index in [2.05, 4.69) is 4.90 Å².